The monoisotopic (exact) mass is 308 g/mol. The van der Waals surface area contributed by atoms with E-state index in [-0.39, 0.29) is 16.8 Å². The fourth-order valence-corrected chi connectivity index (χ4v) is 2.01. The standard InChI is InChI=1S/C17H12N2O4/c1-23-16-8-3-2-5-12(16)9-14(11-18)17(20)13-6-4-7-15(10-13)19(21)22/h2-10H,1H3. The second kappa shape index (κ2) is 7.00. The van der Waals surface area contributed by atoms with Crippen LogP contribution in [-0.4, -0.2) is 17.8 Å². The van der Waals surface area contributed by atoms with Crippen molar-refractivity contribution in [2.45, 2.75) is 0 Å². The molecule has 0 fully saturated rings. The number of hydrogen-bond donors (Lipinski definition) is 0. The lowest BCUT2D eigenvalue weighted by molar-refractivity contribution is -0.384. The Morgan fingerprint density at radius 1 is 1.26 bits per heavy atom. The van der Waals surface area contributed by atoms with Gasteiger partial charge >= 0.3 is 0 Å². The number of ketones is 1. The second-order valence-corrected chi connectivity index (χ2v) is 4.55. The summed E-state index contributed by atoms with van der Waals surface area (Å²) in [5, 5.41) is 20.0. The molecule has 0 saturated carbocycles. The SMILES string of the molecule is COc1ccccc1C=C(C#N)C(=O)c1cccc([N+](=O)[O-])c1. The van der Waals surface area contributed by atoms with Crippen molar-refractivity contribution < 1.29 is 14.5 Å². The van der Waals surface area contributed by atoms with E-state index in [0.29, 0.717) is 11.3 Å². The molecule has 0 N–H and O–H groups in total. The van der Waals surface area contributed by atoms with Gasteiger partial charge in [0.15, 0.2) is 0 Å². The van der Waals surface area contributed by atoms with Crippen LogP contribution in [0.15, 0.2) is 54.1 Å². The van der Waals surface area contributed by atoms with Crippen molar-refractivity contribution in [2.24, 2.45) is 0 Å². The van der Waals surface area contributed by atoms with Gasteiger partial charge in [-0.05, 0) is 12.1 Å². The molecule has 2 rings (SSSR count). The molecule has 0 aliphatic heterocycles. The van der Waals surface area contributed by atoms with E-state index < -0.39 is 10.7 Å². The van der Waals surface area contributed by atoms with Gasteiger partial charge < -0.3 is 4.74 Å². The van der Waals surface area contributed by atoms with E-state index in [1.165, 1.54) is 31.4 Å². The van der Waals surface area contributed by atoms with Crippen LogP contribution >= 0.6 is 0 Å². The predicted octanol–water partition coefficient (Wildman–Crippen LogP) is 3.39. The van der Waals surface area contributed by atoms with Crippen molar-refractivity contribution in [2.75, 3.05) is 7.11 Å². The molecule has 0 aromatic heterocycles. The Morgan fingerprint density at radius 3 is 2.65 bits per heavy atom. The molecule has 23 heavy (non-hydrogen) atoms. The van der Waals surface area contributed by atoms with Gasteiger partial charge in [-0.1, -0.05) is 30.3 Å². The summed E-state index contributed by atoms with van der Waals surface area (Å²) in [6.07, 6.45) is 1.40. The third-order valence-electron chi connectivity index (χ3n) is 3.12. The number of carbonyl (C=O) groups excluding carboxylic acids is 1. The molecule has 0 saturated heterocycles. The van der Waals surface area contributed by atoms with Crippen LogP contribution in [0.5, 0.6) is 5.75 Å². The first-order valence-electron chi connectivity index (χ1n) is 6.60. The van der Waals surface area contributed by atoms with E-state index in [4.69, 9.17) is 4.74 Å². The Balaban J connectivity index is 2.43. The van der Waals surface area contributed by atoms with Crippen LogP contribution in [0, 0.1) is 21.4 Å². The van der Waals surface area contributed by atoms with Gasteiger partial charge in [-0.3, -0.25) is 14.9 Å². The van der Waals surface area contributed by atoms with Crippen molar-refractivity contribution in [3.05, 3.63) is 75.3 Å². The summed E-state index contributed by atoms with van der Waals surface area (Å²) < 4.78 is 5.17. The number of nitro benzene ring substituents is 1. The van der Waals surface area contributed by atoms with E-state index in [2.05, 4.69) is 0 Å². The summed E-state index contributed by atoms with van der Waals surface area (Å²) in [7, 11) is 1.49. The van der Waals surface area contributed by atoms with Gasteiger partial charge in [0.25, 0.3) is 5.69 Å². The summed E-state index contributed by atoms with van der Waals surface area (Å²) in [5.41, 5.74) is 0.327. The fourth-order valence-electron chi connectivity index (χ4n) is 2.01. The van der Waals surface area contributed by atoms with Crippen molar-refractivity contribution in [1.82, 2.24) is 0 Å². The van der Waals surface area contributed by atoms with Crippen LogP contribution in [-0.2, 0) is 0 Å². The topological polar surface area (TPSA) is 93.2 Å². The maximum atomic E-state index is 12.4. The second-order valence-electron chi connectivity index (χ2n) is 4.55. The van der Waals surface area contributed by atoms with Gasteiger partial charge in [-0.15, -0.1) is 0 Å². The Morgan fingerprint density at radius 2 is 2.00 bits per heavy atom. The molecular formula is C17H12N2O4. The first kappa shape index (κ1) is 15.9. The molecule has 0 amide bonds. The van der Waals surface area contributed by atoms with E-state index in [1.54, 1.807) is 24.3 Å². The number of nitrogens with zero attached hydrogens (tertiary/aromatic N) is 2. The van der Waals surface area contributed by atoms with Gasteiger partial charge in [-0.2, -0.15) is 5.26 Å². The highest BCUT2D eigenvalue weighted by molar-refractivity contribution is 6.14. The van der Waals surface area contributed by atoms with Crippen LogP contribution in [0.2, 0.25) is 0 Å². The molecule has 2 aromatic rings. The highest BCUT2D eigenvalue weighted by atomic mass is 16.6. The summed E-state index contributed by atoms with van der Waals surface area (Å²) in [5.74, 6) is -0.0609. The number of rotatable bonds is 5. The van der Waals surface area contributed by atoms with Gasteiger partial charge in [0.1, 0.15) is 17.4 Å². The average molecular weight is 308 g/mol. The molecule has 0 aliphatic rings. The van der Waals surface area contributed by atoms with Gasteiger partial charge in [0, 0.05) is 23.3 Å². The van der Waals surface area contributed by atoms with E-state index in [9.17, 15) is 20.2 Å². The number of non-ortho nitro benzene ring substituents is 1. The van der Waals surface area contributed by atoms with E-state index in [1.807, 2.05) is 6.07 Å². The largest absolute Gasteiger partial charge is 0.496 e. The molecule has 6 nitrogen and oxygen atoms in total. The number of methoxy groups -OCH3 is 1. The van der Waals surface area contributed by atoms with E-state index in [0.717, 1.165) is 6.07 Å². The minimum absolute atomic E-state index is 0.0851. The van der Waals surface area contributed by atoms with Crippen LogP contribution in [0.25, 0.3) is 6.08 Å². The quantitative estimate of drug-likeness (QED) is 0.277. The fraction of sp³-hybridized carbons (Fsp3) is 0.0588. The maximum Gasteiger partial charge on any atom is 0.270 e. The molecule has 0 aliphatic carbocycles. The highest BCUT2D eigenvalue weighted by Crippen LogP contribution is 2.22. The molecule has 0 radical (unpaired) electrons. The average Bonchev–Trinajstić information content (AvgIpc) is 2.59. The Kier molecular flexibility index (Phi) is 4.85. The number of hydrogen-bond acceptors (Lipinski definition) is 5. The molecule has 114 valence electrons. The van der Waals surface area contributed by atoms with Gasteiger partial charge in [-0.25, -0.2) is 0 Å². The maximum absolute atomic E-state index is 12.4. The van der Waals surface area contributed by atoms with Crippen LogP contribution in [0.3, 0.4) is 0 Å². The first-order chi connectivity index (χ1) is 11.1. The molecule has 6 heteroatoms. The number of nitro groups is 1. The Bertz CT molecular complexity index is 834. The lowest BCUT2D eigenvalue weighted by Crippen LogP contribution is -2.03. The molecule has 0 heterocycles. The third kappa shape index (κ3) is 3.60. The van der Waals surface area contributed by atoms with E-state index >= 15 is 0 Å². The van der Waals surface area contributed by atoms with Crippen molar-refractivity contribution >= 4 is 17.5 Å². The minimum Gasteiger partial charge on any atom is -0.496 e. The van der Waals surface area contributed by atoms with Crippen molar-refractivity contribution in [1.29, 1.82) is 5.26 Å². The zero-order valence-electron chi connectivity index (χ0n) is 12.2. The summed E-state index contributed by atoms with van der Waals surface area (Å²) in [4.78, 5) is 22.6. The first-order valence-corrected chi connectivity index (χ1v) is 6.60. The van der Waals surface area contributed by atoms with Crippen molar-refractivity contribution in [3.63, 3.8) is 0 Å². The normalized spacial score (nSPS) is 10.7. The van der Waals surface area contributed by atoms with Gasteiger partial charge in [0.05, 0.1) is 12.0 Å². The highest BCUT2D eigenvalue weighted by Gasteiger charge is 2.16. The smallest absolute Gasteiger partial charge is 0.270 e. The zero-order chi connectivity index (χ0) is 16.8. The number of Topliss-reactive ketones (excluding diaryl/α,β-unsaturated/α-hetero) is 1. The lowest BCUT2D eigenvalue weighted by atomic mass is 10.0. The lowest BCUT2D eigenvalue weighted by Gasteiger charge is -2.05. The Labute approximate surface area is 132 Å². The number of allylic oxidation sites excluding steroid dienone is 1. The summed E-state index contributed by atoms with van der Waals surface area (Å²) in [6.45, 7) is 0. The number of nitriles is 1. The van der Waals surface area contributed by atoms with Crippen LogP contribution in [0.1, 0.15) is 15.9 Å². The van der Waals surface area contributed by atoms with Crippen molar-refractivity contribution in [3.8, 4) is 11.8 Å². The number of benzene rings is 2. The summed E-state index contributed by atoms with van der Waals surface area (Å²) >= 11 is 0. The number of ether oxygens (including phenoxy) is 1. The van der Waals surface area contributed by atoms with Crippen LogP contribution < -0.4 is 4.74 Å². The molecule has 2 aromatic carbocycles. The molecule has 0 bridgehead atoms. The molecule has 0 unspecified atom stereocenters. The van der Waals surface area contributed by atoms with Crippen LogP contribution in [0.4, 0.5) is 5.69 Å². The predicted molar refractivity (Wildman–Crippen MR) is 84.0 cm³/mol. The molecule has 0 atom stereocenters. The third-order valence-corrected chi connectivity index (χ3v) is 3.12. The minimum atomic E-state index is -0.591. The number of carbonyl (C=O) groups is 1. The molecule has 0 spiro atoms. The number of para-hydroxylation sites is 1. The Hall–Kier alpha value is -3.46. The summed E-state index contributed by atoms with van der Waals surface area (Å²) in [6, 6.07) is 14.0. The molecular weight excluding hydrogens is 296 g/mol. The zero-order valence-corrected chi connectivity index (χ0v) is 12.2. The van der Waals surface area contributed by atoms with Gasteiger partial charge in [0.2, 0.25) is 5.78 Å².